The first-order chi connectivity index (χ1) is 10.7. The number of benzene rings is 1. The monoisotopic (exact) mass is 512 g/mol. The molecule has 0 heterocycles. The Balaban J connectivity index is 0.00000529. The first kappa shape index (κ1) is 23.0. The van der Waals surface area contributed by atoms with Crippen molar-refractivity contribution in [3.8, 4) is 5.75 Å². The molecule has 6 nitrogen and oxygen atoms in total. The summed E-state index contributed by atoms with van der Waals surface area (Å²) in [7, 11) is 3.30. The Bertz CT molecular complexity index is 574. The van der Waals surface area contributed by atoms with Crippen molar-refractivity contribution in [1.82, 2.24) is 16.0 Å². The number of hydrogen-bond donors (Lipinski definition) is 3. The highest BCUT2D eigenvalue weighted by Crippen LogP contribution is 2.25. The minimum absolute atomic E-state index is 0. The normalized spacial score (nSPS) is 11.3. The van der Waals surface area contributed by atoms with E-state index < -0.39 is 0 Å². The molecule has 3 N–H and O–H groups in total. The Labute approximate surface area is 169 Å². The molecule has 0 fully saturated rings. The molecule has 136 valence electrons. The highest BCUT2D eigenvalue weighted by molar-refractivity contribution is 14.0. The quantitative estimate of drug-likeness (QED) is 0.322. The fourth-order valence-electron chi connectivity index (χ4n) is 1.85. The zero-order chi connectivity index (χ0) is 17.5. The van der Waals surface area contributed by atoms with Gasteiger partial charge < -0.3 is 20.7 Å². The van der Waals surface area contributed by atoms with Gasteiger partial charge in [-0.25, -0.2) is 0 Å². The van der Waals surface area contributed by atoms with Crippen LogP contribution in [0.1, 0.15) is 26.3 Å². The smallest absolute Gasteiger partial charge is 0.239 e. The van der Waals surface area contributed by atoms with Crippen molar-refractivity contribution in [3.05, 3.63) is 28.2 Å². The van der Waals surface area contributed by atoms with Gasteiger partial charge in [0, 0.05) is 19.1 Å². The molecule has 1 amide bonds. The van der Waals surface area contributed by atoms with Gasteiger partial charge in [0.2, 0.25) is 5.91 Å². The largest absolute Gasteiger partial charge is 0.496 e. The predicted octanol–water partition coefficient (Wildman–Crippen LogP) is 2.66. The lowest BCUT2D eigenvalue weighted by Gasteiger charge is -2.21. The maximum absolute atomic E-state index is 11.8. The van der Waals surface area contributed by atoms with Gasteiger partial charge in [-0.2, -0.15) is 0 Å². The van der Waals surface area contributed by atoms with E-state index in [2.05, 4.69) is 36.9 Å². The van der Waals surface area contributed by atoms with Gasteiger partial charge in [0.05, 0.1) is 18.1 Å². The van der Waals surface area contributed by atoms with Crippen LogP contribution in [-0.2, 0) is 11.3 Å². The lowest BCUT2D eigenvalue weighted by molar-refractivity contribution is -0.121. The molecule has 0 aliphatic rings. The van der Waals surface area contributed by atoms with Gasteiger partial charge >= 0.3 is 0 Å². The van der Waals surface area contributed by atoms with Gasteiger partial charge in [0.25, 0.3) is 0 Å². The van der Waals surface area contributed by atoms with Crippen molar-refractivity contribution in [2.24, 2.45) is 4.99 Å². The third-order valence-corrected chi connectivity index (χ3v) is 3.45. The third kappa shape index (κ3) is 8.72. The van der Waals surface area contributed by atoms with Crippen molar-refractivity contribution in [1.29, 1.82) is 0 Å². The van der Waals surface area contributed by atoms with Crippen LogP contribution in [0.2, 0.25) is 0 Å². The topological polar surface area (TPSA) is 74.8 Å². The molecular weight excluding hydrogens is 487 g/mol. The molecule has 0 spiro atoms. The number of halogens is 2. The molecular formula is C16H26BrIN4O2. The Hall–Kier alpha value is -1.03. The minimum Gasteiger partial charge on any atom is -0.496 e. The predicted molar refractivity (Wildman–Crippen MR) is 112 cm³/mol. The van der Waals surface area contributed by atoms with Crippen LogP contribution in [0, 0.1) is 0 Å². The number of hydrogen-bond acceptors (Lipinski definition) is 3. The summed E-state index contributed by atoms with van der Waals surface area (Å²) < 4.78 is 6.10. The maximum Gasteiger partial charge on any atom is 0.239 e. The summed E-state index contributed by atoms with van der Waals surface area (Å²) in [6, 6.07) is 5.84. The molecule has 1 rings (SSSR count). The zero-order valence-corrected chi connectivity index (χ0v) is 18.6. The summed E-state index contributed by atoms with van der Waals surface area (Å²) in [5.41, 5.74) is 0.824. The number of carbonyl (C=O) groups excluding carboxylic acids is 1. The molecule has 0 bridgehead atoms. The minimum atomic E-state index is -0.245. The zero-order valence-electron chi connectivity index (χ0n) is 14.7. The van der Waals surface area contributed by atoms with Crippen LogP contribution < -0.4 is 20.7 Å². The van der Waals surface area contributed by atoms with E-state index in [1.165, 1.54) is 0 Å². The van der Waals surface area contributed by atoms with Gasteiger partial charge in [-0.15, -0.1) is 24.0 Å². The fraction of sp³-hybridized carbons (Fsp3) is 0.500. The molecule has 0 radical (unpaired) electrons. The SMILES string of the molecule is CN=C(NCC(=O)NC(C)(C)C)NCc1ccc(OC)c(Br)c1.I. The highest BCUT2D eigenvalue weighted by atomic mass is 127. The molecule has 1 aromatic rings. The van der Waals surface area contributed by atoms with Crippen molar-refractivity contribution >= 4 is 51.8 Å². The fourth-order valence-corrected chi connectivity index (χ4v) is 2.44. The van der Waals surface area contributed by atoms with Gasteiger partial charge in [-0.1, -0.05) is 6.07 Å². The molecule has 0 unspecified atom stereocenters. The molecule has 8 heteroatoms. The van der Waals surface area contributed by atoms with Crippen LogP contribution in [0.4, 0.5) is 0 Å². The Morgan fingerprint density at radius 1 is 1.29 bits per heavy atom. The van der Waals surface area contributed by atoms with Crippen LogP contribution in [0.15, 0.2) is 27.7 Å². The Kier molecular flexibility index (Phi) is 10.3. The lowest BCUT2D eigenvalue weighted by atomic mass is 10.1. The number of ether oxygens (including phenoxy) is 1. The number of guanidine groups is 1. The van der Waals surface area contributed by atoms with Gasteiger partial charge in [-0.3, -0.25) is 9.79 Å². The summed E-state index contributed by atoms with van der Waals surface area (Å²) in [4.78, 5) is 15.9. The number of aliphatic imine (C=N–C) groups is 1. The molecule has 0 saturated heterocycles. The van der Waals surface area contributed by atoms with Gasteiger partial charge in [0.1, 0.15) is 5.75 Å². The van der Waals surface area contributed by atoms with E-state index in [0.717, 1.165) is 15.8 Å². The van der Waals surface area contributed by atoms with E-state index >= 15 is 0 Å². The average molecular weight is 513 g/mol. The number of nitrogens with one attached hydrogen (secondary N) is 3. The first-order valence-corrected chi connectivity index (χ1v) is 8.12. The van der Waals surface area contributed by atoms with Crippen LogP contribution in [-0.4, -0.2) is 38.1 Å². The second-order valence-corrected chi connectivity index (χ2v) is 6.90. The van der Waals surface area contributed by atoms with E-state index in [1.54, 1.807) is 14.2 Å². The van der Waals surface area contributed by atoms with E-state index in [9.17, 15) is 4.79 Å². The second-order valence-electron chi connectivity index (χ2n) is 6.05. The van der Waals surface area contributed by atoms with E-state index in [4.69, 9.17) is 4.74 Å². The van der Waals surface area contributed by atoms with Gasteiger partial charge in [0.15, 0.2) is 5.96 Å². The van der Waals surface area contributed by atoms with Crippen molar-refractivity contribution in [2.45, 2.75) is 32.9 Å². The summed E-state index contributed by atoms with van der Waals surface area (Å²) in [5.74, 6) is 1.28. The maximum atomic E-state index is 11.8. The third-order valence-electron chi connectivity index (χ3n) is 2.83. The molecule has 0 aliphatic heterocycles. The molecule has 24 heavy (non-hydrogen) atoms. The van der Waals surface area contributed by atoms with Crippen molar-refractivity contribution in [3.63, 3.8) is 0 Å². The Morgan fingerprint density at radius 2 is 1.96 bits per heavy atom. The summed E-state index contributed by atoms with van der Waals surface area (Å²) >= 11 is 3.46. The summed E-state index contributed by atoms with van der Waals surface area (Å²) in [5, 5.41) is 9.04. The first-order valence-electron chi connectivity index (χ1n) is 7.33. The van der Waals surface area contributed by atoms with E-state index in [1.807, 2.05) is 39.0 Å². The van der Waals surface area contributed by atoms with Crippen molar-refractivity contribution in [2.75, 3.05) is 20.7 Å². The summed E-state index contributed by atoms with van der Waals surface area (Å²) in [6.45, 7) is 6.59. The van der Waals surface area contributed by atoms with Gasteiger partial charge in [-0.05, 0) is 54.4 Å². The standard InChI is InChI=1S/C16H25BrN4O2.HI/c1-16(2,3)21-14(22)10-20-15(18-4)19-9-11-6-7-13(23-5)12(17)8-11;/h6-8H,9-10H2,1-5H3,(H,21,22)(H2,18,19,20);1H. The van der Waals surface area contributed by atoms with Crippen LogP contribution in [0.5, 0.6) is 5.75 Å². The van der Waals surface area contributed by atoms with Crippen LogP contribution in [0.3, 0.4) is 0 Å². The lowest BCUT2D eigenvalue weighted by Crippen LogP contribution is -2.48. The van der Waals surface area contributed by atoms with E-state index in [0.29, 0.717) is 12.5 Å². The molecule has 1 aromatic carbocycles. The number of carbonyl (C=O) groups is 1. The second kappa shape index (κ2) is 10.8. The van der Waals surface area contributed by atoms with Crippen LogP contribution in [0.25, 0.3) is 0 Å². The number of methoxy groups -OCH3 is 1. The summed E-state index contributed by atoms with van der Waals surface area (Å²) in [6.07, 6.45) is 0. The average Bonchev–Trinajstić information content (AvgIpc) is 2.45. The molecule has 0 aromatic heterocycles. The number of nitrogens with zero attached hydrogens (tertiary/aromatic N) is 1. The molecule has 0 saturated carbocycles. The Morgan fingerprint density at radius 3 is 2.46 bits per heavy atom. The number of amides is 1. The van der Waals surface area contributed by atoms with Crippen LogP contribution >= 0.6 is 39.9 Å². The molecule has 0 aliphatic carbocycles. The van der Waals surface area contributed by atoms with E-state index in [-0.39, 0.29) is 42.0 Å². The number of rotatable bonds is 5. The highest BCUT2D eigenvalue weighted by Gasteiger charge is 2.13. The van der Waals surface area contributed by atoms with Crippen molar-refractivity contribution < 1.29 is 9.53 Å². The molecule has 0 atom stereocenters.